The van der Waals surface area contributed by atoms with Gasteiger partial charge in [-0.25, -0.2) is 5.48 Å². The van der Waals surface area contributed by atoms with Crippen LogP contribution in [0.15, 0.2) is 5.16 Å². The first kappa shape index (κ1) is 7.90. The number of oxime groups is 1. The molecule has 1 amide bonds. The van der Waals surface area contributed by atoms with Crippen molar-refractivity contribution in [1.82, 2.24) is 5.48 Å². The van der Waals surface area contributed by atoms with Crippen molar-refractivity contribution in [2.24, 2.45) is 5.16 Å². The average molecular weight is 132 g/mol. The Kier molecular flexibility index (Phi) is 3.38. The molecule has 0 saturated heterocycles. The summed E-state index contributed by atoms with van der Waals surface area (Å²) in [4.78, 5) is 14.6. The minimum atomic E-state index is -0.670. The van der Waals surface area contributed by atoms with Gasteiger partial charge in [-0.3, -0.25) is 10.0 Å². The Bertz CT molecular complexity index is 132. The second-order valence-electron chi connectivity index (χ2n) is 1.30. The molecule has 2 N–H and O–H groups in total. The topological polar surface area (TPSA) is 70.9 Å². The molecule has 0 bridgehead atoms. The number of carbonyl (C=O) groups excluding carboxylic acids is 1. The number of rotatable bonds is 2. The molecule has 0 aliphatic rings. The summed E-state index contributed by atoms with van der Waals surface area (Å²) >= 11 is 0. The monoisotopic (exact) mass is 132 g/mol. The molecule has 52 valence electrons. The normalized spacial score (nSPS) is 10.8. The summed E-state index contributed by atoms with van der Waals surface area (Å²) in [5.74, 6) is -0.670. The fourth-order valence-electron chi connectivity index (χ4n) is 0.259. The van der Waals surface area contributed by atoms with Crippen LogP contribution in [0.5, 0.6) is 0 Å². The maximum Gasteiger partial charge on any atom is 0.292 e. The van der Waals surface area contributed by atoms with Gasteiger partial charge in [0.1, 0.15) is 12.8 Å². The number of nitrogens with one attached hydrogen (secondary N) is 1. The molecule has 5 heteroatoms. The second kappa shape index (κ2) is 3.85. The molecular formula is C4H8N2O3. The molecule has 0 spiro atoms. The number of amides is 1. The number of hydrogen-bond acceptors (Lipinski definition) is 4. The molecule has 0 radical (unpaired) electrons. The molecule has 0 heterocycles. The van der Waals surface area contributed by atoms with Gasteiger partial charge in [-0.05, 0) is 6.92 Å². The fourth-order valence-corrected chi connectivity index (χ4v) is 0.259. The van der Waals surface area contributed by atoms with Crippen molar-refractivity contribution in [3.63, 3.8) is 0 Å². The molecule has 0 aromatic carbocycles. The number of hydroxylamine groups is 1. The zero-order valence-corrected chi connectivity index (χ0v) is 5.21. The standard InChI is InChI=1S/C4H8N2O3/c1-3(6-9-2)4(7)5-8/h8H,1-2H3,(H,5,7)/b6-3+. The largest absolute Gasteiger partial charge is 0.399 e. The van der Waals surface area contributed by atoms with Crippen molar-refractivity contribution >= 4 is 11.6 Å². The lowest BCUT2D eigenvalue weighted by atomic mass is 10.4. The van der Waals surface area contributed by atoms with Crippen LogP contribution < -0.4 is 5.48 Å². The second-order valence-corrected chi connectivity index (χ2v) is 1.30. The summed E-state index contributed by atoms with van der Waals surface area (Å²) in [7, 11) is 1.31. The maximum absolute atomic E-state index is 10.3. The molecule has 0 aromatic rings. The van der Waals surface area contributed by atoms with E-state index in [9.17, 15) is 4.79 Å². The van der Waals surface area contributed by atoms with E-state index in [4.69, 9.17) is 5.21 Å². The minimum Gasteiger partial charge on any atom is -0.399 e. The van der Waals surface area contributed by atoms with Crippen LogP contribution in [0.3, 0.4) is 0 Å². The van der Waals surface area contributed by atoms with Crippen LogP contribution in [-0.2, 0) is 9.63 Å². The Morgan fingerprint density at radius 1 is 1.78 bits per heavy atom. The lowest BCUT2D eigenvalue weighted by molar-refractivity contribution is -0.122. The van der Waals surface area contributed by atoms with Crippen LogP contribution in [0.1, 0.15) is 6.92 Å². The van der Waals surface area contributed by atoms with Gasteiger partial charge in [-0.2, -0.15) is 0 Å². The quantitative estimate of drug-likeness (QED) is 0.302. The highest BCUT2D eigenvalue weighted by Crippen LogP contribution is 1.76. The molecule has 0 aliphatic heterocycles. The van der Waals surface area contributed by atoms with E-state index >= 15 is 0 Å². The lowest BCUT2D eigenvalue weighted by Gasteiger charge is -1.93. The van der Waals surface area contributed by atoms with E-state index in [-0.39, 0.29) is 5.71 Å². The maximum atomic E-state index is 10.3. The van der Waals surface area contributed by atoms with E-state index < -0.39 is 5.91 Å². The molecule has 0 aromatic heterocycles. The summed E-state index contributed by atoms with van der Waals surface area (Å²) in [6.45, 7) is 1.41. The van der Waals surface area contributed by atoms with Crippen molar-refractivity contribution in [2.45, 2.75) is 6.92 Å². The number of hydrogen-bond donors (Lipinski definition) is 2. The van der Waals surface area contributed by atoms with Crippen LogP contribution in [0.25, 0.3) is 0 Å². The predicted molar refractivity (Wildman–Crippen MR) is 30.0 cm³/mol. The third-order valence-electron chi connectivity index (χ3n) is 0.658. The van der Waals surface area contributed by atoms with Gasteiger partial charge in [-0.15, -0.1) is 0 Å². The first-order chi connectivity index (χ1) is 4.22. The molecule has 0 aliphatic carbocycles. The van der Waals surface area contributed by atoms with Crippen LogP contribution in [0.4, 0.5) is 0 Å². The van der Waals surface area contributed by atoms with Crippen LogP contribution >= 0.6 is 0 Å². The van der Waals surface area contributed by atoms with Gasteiger partial charge >= 0.3 is 0 Å². The lowest BCUT2D eigenvalue weighted by Crippen LogP contribution is -2.25. The Hall–Kier alpha value is -1.10. The minimum absolute atomic E-state index is 0.0694. The highest BCUT2D eigenvalue weighted by molar-refractivity contribution is 6.37. The third-order valence-corrected chi connectivity index (χ3v) is 0.658. The Morgan fingerprint density at radius 2 is 2.33 bits per heavy atom. The van der Waals surface area contributed by atoms with Crippen LogP contribution in [0, 0.1) is 0 Å². The summed E-state index contributed by atoms with van der Waals surface area (Å²) in [5.41, 5.74) is 1.47. The van der Waals surface area contributed by atoms with Gasteiger partial charge in [0.15, 0.2) is 0 Å². The predicted octanol–water partition coefficient (Wildman–Crippen LogP) is -0.486. The van der Waals surface area contributed by atoms with Crippen LogP contribution in [0.2, 0.25) is 0 Å². The van der Waals surface area contributed by atoms with E-state index in [1.165, 1.54) is 19.5 Å². The van der Waals surface area contributed by atoms with Gasteiger partial charge in [0, 0.05) is 0 Å². The zero-order chi connectivity index (χ0) is 7.28. The zero-order valence-electron chi connectivity index (χ0n) is 5.21. The first-order valence-electron chi connectivity index (χ1n) is 2.24. The fraction of sp³-hybridized carbons (Fsp3) is 0.500. The van der Waals surface area contributed by atoms with Crippen molar-refractivity contribution in [3.8, 4) is 0 Å². The summed E-state index contributed by atoms with van der Waals surface area (Å²) in [6.07, 6.45) is 0. The van der Waals surface area contributed by atoms with Crippen molar-refractivity contribution in [2.75, 3.05) is 7.11 Å². The van der Waals surface area contributed by atoms with Gasteiger partial charge < -0.3 is 4.84 Å². The number of nitrogens with zero attached hydrogens (tertiary/aromatic N) is 1. The molecule has 0 rings (SSSR count). The first-order valence-corrected chi connectivity index (χ1v) is 2.24. The molecule has 0 fully saturated rings. The van der Waals surface area contributed by atoms with E-state index in [1.807, 2.05) is 0 Å². The van der Waals surface area contributed by atoms with Gasteiger partial charge in [0.05, 0.1) is 0 Å². The Morgan fingerprint density at radius 3 is 2.67 bits per heavy atom. The molecule has 5 nitrogen and oxygen atoms in total. The Labute approximate surface area is 52.3 Å². The average Bonchev–Trinajstić information content (AvgIpc) is 1.87. The third kappa shape index (κ3) is 2.65. The van der Waals surface area contributed by atoms with Crippen molar-refractivity contribution in [3.05, 3.63) is 0 Å². The van der Waals surface area contributed by atoms with E-state index in [0.29, 0.717) is 0 Å². The highest BCUT2D eigenvalue weighted by Gasteiger charge is 2.01. The molecule has 0 atom stereocenters. The Balaban J connectivity index is 3.86. The summed E-state index contributed by atoms with van der Waals surface area (Å²) in [6, 6.07) is 0. The van der Waals surface area contributed by atoms with Crippen LogP contribution in [-0.4, -0.2) is 23.9 Å². The molecule has 9 heavy (non-hydrogen) atoms. The van der Waals surface area contributed by atoms with E-state index in [1.54, 1.807) is 0 Å². The van der Waals surface area contributed by atoms with Crippen molar-refractivity contribution < 1.29 is 14.8 Å². The van der Waals surface area contributed by atoms with Gasteiger partial charge in [0.2, 0.25) is 0 Å². The SMILES string of the molecule is CO/N=C(\C)C(=O)NO. The van der Waals surface area contributed by atoms with E-state index in [2.05, 4.69) is 9.99 Å². The smallest absolute Gasteiger partial charge is 0.292 e. The van der Waals surface area contributed by atoms with Gasteiger partial charge in [-0.1, -0.05) is 5.16 Å². The molecular weight excluding hydrogens is 124 g/mol. The van der Waals surface area contributed by atoms with Crippen molar-refractivity contribution in [1.29, 1.82) is 0 Å². The summed E-state index contributed by atoms with van der Waals surface area (Å²) < 4.78 is 0. The highest BCUT2D eigenvalue weighted by atomic mass is 16.6. The number of carbonyl (C=O) groups is 1. The summed E-state index contributed by atoms with van der Waals surface area (Å²) in [5, 5.41) is 11.2. The molecule has 0 unspecified atom stereocenters. The van der Waals surface area contributed by atoms with Gasteiger partial charge in [0.25, 0.3) is 5.91 Å². The molecule has 0 saturated carbocycles. The van der Waals surface area contributed by atoms with E-state index in [0.717, 1.165) is 0 Å².